The zero-order valence-corrected chi connectivity index (χ0v) is 16.7. The molecule has 0 saturated carbocycles. The van der Waals surface area contributed by atoms with Crippen LogP contribution in [0.25, 0.3) is 21.9 Å². The quantitative estimate of drug-likeness (QED) is 0.349. The van der Waals surface area contributed by atoms with Gasteiger partial charge in [0.25, 0.3) is 12.3 Å². The van der Waals surface area contributed by atoms with E-state index in [1.165, 1.54) is 5.48 Å². The van der Waals surface area contributed by atoms with Crippen molar-refractivity contribution in [3.05, 3.63) is 72.3 Å². The van der Waals surface area contributed by atoms with Crippen LogP contribution in [-0.2, 0) is 11.3 Å². The standard InChI is InChI=1S/C23H24F2N2O3/c1-22(21(28)27-30,23(2,29)20(24)25)26-14-15-8-9-19-13-18(11-10-17(19)12-15)16-6-4-3-5-7-16/h3-13,20,26,29-30H,14H2,1-2H3,(H,27,28). The average molecular weight is 414 g/mol. The summed E-state index contributed by atoms with van der Waals surface area (Å²) in [4.78, 5) is 12.1. The van der Waals surface area contributed by atoms with Crippen LogP contribution in [0.3, 0.4) is 0 Å². The SMILES string of the molecule is CC(NCc1ccc2cc(-c3ccccc3)ccc2c1)(C(=O)NO)C(C)(O)C(F)F. The molecule has 158 valence electrons. The number of carbonyl (C=O) groups is 1. The third kappa shape index (κ3) is 4.05. The van der Waals surface area contributed by atoms with Crippen molar-refractivity contribution in [2.75, 3.05) is 0 Å². The molecule has 0 aliphatic carbocycles. The van der Waals surface area contributed by atoms with Gasteiger partial charge in [-0.05, 0) is 53.4 Å². The Morgan fingerprint density at radius 2 is 1.60 bits per heavy atom. The van der Waals surface area contributed by atoms with Crippen LogP contribution in [0.15, 0.2) is 66.7 Å². The molecule has 5 nitrogen and oxygen atoms in total. The van der Waals surface area contributed by atoms with Crippen molar-refractivity contribution < 1.29 is 23.9 Å². The first kappa shape index (κ1) is 21.8. The van der Waals surface area contributed by atoms with Gasteiger partial charge >= 0.3 is 0 Å². The van der Waals surface area contributed by atoms with Crippen molar-refractivity contribution in [3.8, 4) is 11.1 Å². The summed E-state index contributed by atoms with van der Waals surface area (Å²) in [6.45, 7) is 2.01. The van der Waals surface area contributed by atoms with Gasteiger partial charge in [-0.2, -0.15) is 0 Å². The zero-order valence-electron chi connectivity index (χ0n) is 16.7. The minimum absolute atomic E-state index is 0.0309. The summed E-state index contributed by atoms with van der Waals surface area (Å²) in [6.07, 6.45) is -3.21. The molecule has 0 bridgehead atoms. The van der Waals surface area contributed by atoms with Crippen molar-refractivity contribution in [1.29, 1.82) is 0 Å². The number of nitrogens with one attached hydrogen (secondary N) is 2. The molecule has 0 aliphatic heterocycles. The average Bonchev–Trinajstić information content (AvgIpc) is 2.76. The number of carbonyl (C=O) groups excluding carboxylic acids is 1. The van der Waals surface area contributed by atoms with Crippen LogP contribution >= 0.6 is 0 Å². The Morgan fingerprint density at radius 1 is 0.967 bits per heavy atom. The fourth-order valence-electron chi connectivity index (χ4n) is 3.31. The fraction of sp³-hybridized carbons (Fsp3) is 0.261. The van der Waals surface area contributed by atoms with Gasteiger partial charge in [0.05, 0.1) is 0 Å². The number of halogens is 2. The Balaban J connectivity index is 1.85. The Morgan fingerprint density at radius 3 is 2.23 bits per heavy atom. The zero-order chi connectivity index (χ0) is 21.9. The number of hydrogen-bond acceptors (Lipinski definition) is 4. The third-order valence-corrected chi connectivity index (χ3v) is 5.65. The number of fused-ring (bicyclic) bond motifs is 1. The third-order valence-electron chi connectivity index (χ3n) is 5.65. The molecule has 3 aromatic carbocycles. The number of hydroxylamine groups is 1. The summed E-state index contributed by atoms with van der Waals surface area (Å²) < 4.78 is 26.7. The molecular weight excluding hydrogens is 390 g/mol. The molecule has 0 fully saturated rings. The Hall–Kier alpha value is -2.87. The lowest BCUT2D eigenvalue weighted by Crippen LogP contribution is -2.69. The van der Waals surface area contributed by atoms with E-state index >= 15 is 0 Å². The second-order valence-electron chi connectivity index (χ2n) is 7.63. The summed E-state index contributed by atoms with van der Waals surface area (Å²) in [6, 6.07) is 21.6. The van der Waals surface area contributed by atoms with Crippen LogP contribution in [0.4, 0.5) is 8.78 Å². The predicted octanol–water partition coefficient (Wildman–Crippen LogP) is 3.88. The maximum absolute atomic E-state index is 13.4. The Bertz CT molecular complexity index is 1040. The van der Waals surface area contributed by atoms with E-state index in [1.807, 2.05) is 60.7 Å². The minimum atomic E-state index is -3.21. The number of hydrogen-bond donors (Lipinski definition) is 4. The monoisotopic (exact) mass is 414 g/mol. The van der Waals surface area contributed by atoms with E-state index in [0.29, 0.717) is 0 Å². The maximum Gasteiger partial charge on any atom is 0.268 e. The summed E-state index contributed by atoms with van der Waals surface area (Å²) in [7, 11) is 0. The molecule has 0 radical (unpaired) electrons. The number of rotatable bonds is 7. The van der Waals surface area contributed by atoms with Crippen LogP contribution in [0.5, 0.6) is 0 Å². The molecule has 0 spiro atoms. The van der Waals surface area contributed by atoms with Crippen molar-refractivity contribution in [3.63, 3.8) is 0 Å². The second kappa shape index (κ2) is 8.47. The minimum Gasteiger partial charge on any atom is -0.382 e. The largest absolute Gasteiger partial charge is 0.382 e. The van der Waals surface area contributed by atoms with E-state index in [0.717, 1.165) is 41.3 Å². The van der Waals surface area contributed by atoms with Gasteiger partial charge in [-0.25, -0.2) is 14.3 Å². The molecule has 0 heterocycles. The maximum atomic E-state index is 13.4. The highest BCUT2D eigenvalue weighted by Gasteiger charge is 2.54. The fourth-order valence-corrected chi connectivity index (χ4v) is 3.31. The van der Waals surface area contributed by atoms with Crippen LogP contribution in [-0.4, -0.2) is 33.8 Å². The normalized spacial score (nSPS) is 15.6. The summed E-state index contributed by atoms with van der Waals surface area (Å²) in [5.41, 5.74) is -0.557. The van der Waals surface area contributed by atoms with Gasteiger partial charge in [-0.3, -0.25) is 15.3 Å². The van der Waals surface area contributed by atoms with Crippen LogP contribution in [0.2, 0.25) is 0 Å². The van der Waals surface area contributed by atoms with Gasteiger partial charge in [0.2, 0.25) is 0 Å². The van der Waals surface area contributed by atoms with Gasteiger partial charge in [-0.15, -0.1) is 0 Å². The van der Waals surface area contributed by atoms with Crippen LogP contribution < -0.4 is 10.8 Å². The first-order chi connectivity index (χ1) is 14.2. The summed E-state index contributed by atoms with van der Waals surface area (Å²) in [5, 5.41) is 23.8. The molecule has 4 N–H and O–H groups in total. The molecule has 3 rings (SSSR count). The number of aliphatic hydroxyl groups is 1. The van der Waals surface area contributed by atoms with E-state index in [4.69, 9.17) is 5.21 Å². The molecule has 7 heteroatoms. The first-order valence-electron chi connectivity index (χ1n) is 9.47. The molecule has 1 amide bonds. The summed E-state index contributed by atoms with van der Waals surface area (Å²) >= 11 is 0. The molecule has 30 heavy (non-hydrogen) atoms. The lowest BCUT2D eigenvalue weighted by molar-refractivity contribution is -0.167. The number of amides is 1. The van der Waals surface area contributed by atoms with E-state index in [1.54, 1.807) is 0 Å². The Labute approximate surface area is 173 Å². The molecular formula is C23H24F2N2O3. The lowest BCUT2D eigenvalue weighted by atomic mass is 9.81. The summed E-state index contributed by atoms with van der Waals surface area (Å²) in [5.74, 6) is -1.15. The van der Waals surface area contributed by atoms with Gasteiger partial charge in [0, 0.05) is 6.54 Å². The van der Waals surface area contributed by atoms with Crippen LogP contribution in [0, 0.1) is 0 Å². The van der Waals surface area contributed by atoms with E-state index in [-0.39, 0.29) is 6.54 Å². The smallest absolute Gasteiger partial charge is 0.268 e. The van der Waals surface area contributed by atoms with Crippen molar-refractivity contribution in [2.45, 2.75) is 38.0 Å². The molecule has 0 saturated heterocycles. The molecule has 0 aliphatic rings. The molecule has 0 aromatic heterocycles. The number of alkyl halides is 2. The van der Waals surface area contributed by atoms with Crippen molar-refractivity contribution >= 4 is 16.7 Å². The van der Waals surface area contributed by atoms with Gasteiger partial charge in [0.1, 0.15) is 11.1 Å². The van der Waals surface area contributed by atoms with Crippen molar-refractivity contribution in [1.82, 2.24) is 10.8 Å². The van der Waals surface area contributed by atoms with Gasteiger partial charge < -0.3 is 5.11 Å². The molecule has 2 atom stereocenters. The molecule has 3 aromatic rings. The van der Waals surface area contributed by atoms with E-state index < -0.39 is 23.5 Å². The highest BCUT2D eigenvalue weighted by Crippen LogP contribution is 2.30. The van der Waals surface area contributed by atoms with Crippen molar-refractivity contribution in [2.24, 2.45) is 0 Å². The van der Waals surface area contributed by atoms with Gasteiger partial charge in [0.15, 0.2) is 0 Å². The Kier molecular flexibility index (Phi) is 6.17. The van der Waals surface area contributed by atoms with Gasteiger partial charge in [-0.1, -0.05) is 54.6 Å². The lowest BCUT2D eigenvalue weighted by Gasteiger charge is -2.40. The molecule has 2 unspecified atom stereocenters. The topological polar surface area (TPSA) is 81.6 Å². The van der Waals surface area contributed by atoms with Crippen LogP contribution in [0.1, 0.15) is 19.4 Å². The highest BCUT2D eigenvalue weighted by atomic mass is 19.3. The van der Waals surface area contributed by atoms with E-state index in [2.05, 4.69) is 11.4 Å². The predicted molar refractivity (Wildman–Crippen MR) is 111 cm³/mol. The number of benzene rings is 3. The first-order valence-corrected chi connectivity index (χ1v) is 9.47. The van der Waals surface area contributed by atoms with E-state index in [9.17, 15) is 18.7 Å². The highest BCUT2D eigenvalue weighted by molar-refractivity contribution is 5.88. The second-order valence-corrected chi connectivity index (χ2v) is 7.63.